The van der Waals surface area contributed by atoms with Crippen molar-refractivity contribution in [1.29, 1.82) is 0 Å². The van der Waals surface area contributed by atoms with Crippen LogP contribution < -0.4 is 19.7 Å². The first-order valence-electron chi connectivity index (χ1n) is 17.6. The number of hydrogen-bond donors (Lipinski definition) is 2. The minimum atomic E-state index is -3.92. The number of hydrogen-bond acceptors (Lipinski definition) is 8. The first kappa shape index (κ1) is 33.8. The molecule has 9 nitrogen and oxygen atoms in total. The van der Waals surface area contributed by atoms with Gasteiger partial charge in [0.15, 0.2) is 0 Å². The maximum absolute atomic E-state index is 13.5. The number of amides is 1. The van der Waals surface area contributed by atoms with E-state index < -0.39 is 21.2 Å². The van der Waals surface area contributed by atoms with E-state index >= 15 is 0 Å². The van der Waals surface area contributed by atoms with Gasteiger partial charge in [0, 0.05) is 35.6 Å². The normalized spacial score (nSPS) is 32.4. The van der Waals surface area contributed by atoms with Crippen LogP contribution >= 0.6 is 11.6 Å². The zero-order valence-electron chi connectivity index (χ0n) is 28.0. The van der Waals surface area contributed by atoms with Crippen LogP contribution in [0.5, 0.6) is 5.75 Å². The van der Waals surface area contributed by atoms with Crippen molar-refractivity contribution in [3.05, 3.63) is 70.3 Å². The van der Waals surface area contributed by atoms with Gasteiger partial charge in [-0.15, -0.1) is 0 Å². The lowest BCUT2D eigenvalue weighted by molar-refractivity contribution is -0.0269. The highest BCUT2D eigenvalue weighted by Crippen LogP contribution is 2.47. The zero-order valence-corrected chi connectivity index (χ0v) is 29.5. The summed E-state index contributed by atoms with van der Waals surface area (Å²) in [4.78, 5) is 15.9. The summed E-state index contributed by atoms with van der Waals surface area (Å²) < 4.78 is 47.7. The van der Waals surface area contributed by atoms with Crippen LogP contribution in [-0.2, 0) is 31.3 Å². The fourth-order valence-corrected chi connectivity index (χ4v) is 9.61. The number of carbonyl (C=O) groups excluding carboxylic acids is 1. The highest BCUT2D eigenvalue weighted by molar-refractivity contribution is 7.90. The Labute approximate surface area is 289 Å². The summed E-state index contributed by atoms with van der Waals surface area (Å²) in [6, 6.07) is 12.0. The minimum Gasteiger partial charge on any atom is -0.490 e. The molecule has 2 aromatic carbocycles. The molecule has 2 N–H and O–H groups in total. The van der Waals surface area contributed by atoms with Crippen LogP contribution in [0.4, 0.5) is 5.69 Å². The lowest BCUT2D eigenvalue weighted by Gasteiger charge is -2.46. The van der Waals surface area contributed by atoms with E-state index in [9.17, 15) is 13.2 Å². The Bertz CT molecular complexity index is 1650. The Morgan fingerprint density at radius 3 is 2.77 bits per heavy atom. The number of allylic oxidation sites excluding steroid dienone is 1. The predicted octanol–water partition coefficient (Wildman–Crippen LogP) is 5.26. The van der Waals surface area contributed by atoms with Crippen LogP contribution in [0.25, 0.3) is 0 Å². The SMILES string of the molecule is C[C@@H]1[C@@H](C)C/C=C\[C@H](OCCNC2COC2)[C@@H]2CC[C@H]2CN2C[C@@]3(CCCc4cc(Cl)ccc43)COc3ccc(cc32)C(=O)NS1(=O)=O. The Balaban J connectivity index is 1.23. The van der Waals surface area contributed by atoms with E-state index in [1.165, 1.54) is 11.1 Å². The number of halogens is 1. The molecule has 0 unspecified atom stereocenters. The monoisotopic (exact) mass is 697 g/mol. The van der Waals surface area contributed by atoms with Gasteiger partial charge in [-0.1, -0.05) is 36.7 Å². The lowest BCUT2D eigenvalue weighted by Crippen LogP contribution is -2.50. The summed E-state index contributed by atoms with van der Waals surface area (Å²) in [6.45, 7) is 8.45. The van der Waals surface area contributed by atoms with Crippen molar-refractivity contribution < 1.29 is 27.4 Å². The maximum atomic E-state index is 13.5. The van der Waals surface area contributed by atoms with Crippen molar-refractivity contribution in [3.8, 4) is 5.75 Å². The summed E-state index contributed by atoms with van der Waals surface area (Å²) in [6.07, 6.45) is 9.89. The third kappa shape index (κ3) is 6.88. The molecule has 1 saturated heterocycles. The molecule has 3 heterocycles. The van der Waals surface area contributed by atoms with Crippen LogP contribution in [0, 0.1) is 17.8 Å². The number of fused-ring (bicyclic) bond motifs is 4. The van der Waals surface area contributed by atoms with Crippen molar-refractivity contribution in [2.75, 3.05) is 51.0 Å². The van der Waals surface area contributed by atoms with E-state index in [0.717, 1.165) is 75.7 Å². The molecule has 0 aromatic heterocycles. The second-order valence-electron chi connectivity index (χ2n) is 14.6. The molecule has 3 aliphatic heterocycles. The highest BCUT2D eigenvalue weighted by atomic mass is 35.5. The second-order valence-corrected chi connectivity index (χ2v) is 17.1. The molecular weight excluding hydrogens is 650 g/mol. The number of ether oxygens (including phenoxy) is 3. The molecule has 1 amide bonds. The van der Waals surface area contributed by atoms with Gasteiger partial charge in [0.2, 0.25) is 10.0 Å². The molecule has 1 saturated carbocycles. The van der Waals surface area contributed by atoms with Gasteiger partial charge in [0.25, 0.3) is 5.91 Å². The van der Waals surface area contributed by atoms with E-state index in [0.29, 0.717) is 48.8 Å². The van der Waals surface area contributed by atoms with E-state index in [1.807, 2.05) is 25.1 Å². The molecule has 7 rings (SSSR count). The third-order valence-electron chi connectivity index (χ3n) is 11.5. The topological polar surface area (TPSA) is 106 Å². The number of carbonyl (C=O) groups is 1. The fourth-order valence-electron chi connectivity index (χ4n) is 8.13. The van der Waals surface area contributed by atoms with Gasteiger partial charge in [-0.25, -0.2) is 13.1 Å². The van der Waals surface area contributed by atoms with Crippen molar-refractivity contribution in [3.63, 3.8) is 0 Å². The van der Waals surface area contributed by atoms with Crippen LogP contribution in [0.3, 0.4) is 0 Å². The fraction of sp³-hybridized carbons (Fsp3) is 0.595. The highest BCUT2D eigenvalue weighted by Gasteiger charge is 2.44. The van der Waals surface area contributed by atoms with Crippen molar-refractivity contribution in [1.82, 2.24) is 10.0 Å². The van der Waals surface area contributed by atoms with Gasteiger partial charge in [0.05, 0.1) is 49.5 Å². The summed E-state index contributed by atoms with van der Waals surface area (Å²) in [7, 11) is -3.92. The molecule has 11 heteroatoms. The van der Waals surface area contributed by atoms with Gasteiger partial charge < -0.3 is 24.4 Å². The average molecular weight is 698 g/mol. The molecule has 260 valence electrons. The van der Waals surface area contributed by atoms with Crippen molar-refractivity contribution in [2.45, 2.75) is 75.2 Å². The molecule has 6 atom stereocenters. The van der Waals surface area contributed by atoms with Crippen LogP contribution in [0.15, 0.2) is 48.6 Å². The quantitative estimate of drug-likeness (QED) is 0.322. The van der Waals surface area contributed by atoms with E-state index in [4.69, 9.17) is 25.8 Å². The van der Waals surface area contributed by atoms with Crippen molar-refractivity contribution in [2.24, 2.45) is 17.8 Å². The predicted molar refractivity (Wildman–Crippen MR) is 188 cm³/mol. The third-order valence-corrected chi connectivity index (χ3v) is 13.6. The molecule has 5 aliphatic rings. The van der Waals surface area contributed by atoms with Crippen LogP contribution in [0.1, 0.15) is 67.4 Å². The van der Waals surface area contributed by atoms with Crippen LogP contribution in [0.2, 0.25) is 5.02 Å². The molecule has 48 heavy (non-hydrogen) atoms. The minimum absolute atomic E-state index is 0.0737. The summed E-state index contributed by atoms with van der Waals surface area (Å²) in [5.41, 5.74) is 3.44. The molecule has 1 spiro atoms. The van der Waals surface area contributed by atoms with Gasteiger partial charge in [-0.2, -0.15) is 0 Å². The smallest absolute Gasteiger partial charge is 0.264 e. The first-order valence-corrected chi connectivity index (χ1v) is 19.5. The number of anilines is 1. The van der Waals surface area contributed by atoms with Gasteiger partial charge >= 0.3 is 0 Å². The molecule has 2 aromatic rings. The van der Waals surface area contributed by atoms with E-state index in [2.05, 4.69) is 39.2 Å². The summed E-state index contributed by atoms with van der Waals surface area (Å²) >= 11 is 6.45. The largest absolute Gasteiger partial charge is 0.490 e. The second kappa shape index (κ2) is 13.9. The van der Waals surface area contributed by atoms with E-state index in [1.54, 1.807) is 13.0 Å². The standard InChI is InChI=1S/C37H48ClN3O6S/c1-24-5-3-7-34(46-16-15-39-30-20-45-21-30)31-11-8-28(31)19-41-22-37(14-4-6-26-17-29(38)10-12-32(26)37)23-47-35-13-9-27(18-33(35)41)36(42)40-48(43,44)25(24)2/h3,7,9-10,12-13,17-18,24-25,28,30-31,34,39H,4-6,8,11,14-16,19-23H2,1-2H3,(H,40,42)/b7-3-/t24-,25+,28-,31+,34-,37-/m0/s1. The molecule has 0 radical (unpaired) electrons. The molecule has 2 fully saturated rings. The van der Waals surface area contributed by atoms with Gasteiger partial charge in [-0.05, 0) is 105 Å². The summed E-state index contributed by atoms with van der Waals surface area (Å²) in [5, 5.41) is 3.49. The number of sulfonamides is 1. The Morgan fingerprint density at radius 2 is 2.00 bits per heavy atom. The Kier molecular flexibility index (Phi) is 9.83. The zero-order chi connectivity index (χ0) is 33.5. The number of benzene rings is 2. The number of nitrogens with one attached hydrogen (secondary N) is 2. The van der Waals surface area contributed by atoms with Crippen LogP contribution in [-0.4, -0.2) is 77.8 Å². The molecular formula is C37H48ClN3O6S. The van der Waals surface area contributed by atoms with Gasteiger partial charge in [-0.3, -0.25) is 4.79 Å². The lowest BCUT2D eigenvalue weighted by atomic mass is 9.68. The van der Waals surface area contributed by atoms with E-state index in [-0.39, 0.29) is 17.4 Å². The van der Waals surface area contributed by atoms with Crippen molar-refractivity contribution >= 4 is 33.2 Å². The molecule has 2 bridgehead atoms. The summed E-state index contributed by atoms with van der Waals surface area (Å²) in [5.74, 6) is 0.604. The average Bonchev–Trinajstić information content (AvgIpc) is 3.17. The molecule has 2 aliphatic carbocycles. The Hall–Kier alpha value is -2.63. The number of rotatable bonds is 5. The maximum Gasteiger partial charge on any atom is 0.264 e. The number of nitrogens with zero attached hydrogens (tertiary/aromatic N) is 1. The first-order chi connectivity index (χ1) is 23.1. The number of aryl methyl sites for hydroxylation is 1. The van der Waals surface area contributed by atoms with Gasteiger partial charge in [0.1, 0.15) is 5.75 Å². The Morgan fingerprint density at radius 1 is 1.15 bits per heavy atom.